The van der Waals surface area contributed by atoms with E-state index in [1.807, 2.05) is 72.8 Å². The maximum atomic E-state index is 5.96. The molecular formula is C23H22N2O2. The Labute approximate surface area is 159 Å². The van der Waals surface area contributed by atoms with E-state index in [4.69, 9.17) is 14.5 Å². The molecule has 0 atom stereocenters. The van der Waals surface area contributed by atoms with Gasteiger partial charge in [0.05, 0.1) is 17.6 Å². The topological polar surface area (TPSA) is 36.3 Å². The highest BCUT2D eigenvalue weighted by molar-refractivity contribution is 5.75. The Morgan fingerprint density at radius 3 is 2.30 bits per heavy atom. The van der Waals surface area contributed by atoms with E-state index < -0.39 is 0 Å². The fourth-order valence-corrected chi connectivity index (χ4v) is 3.04. The summed E-state index contributed by atoms with van der Waals surface area (Å²) in [5.41, 5.74) is 3.28. The van der Waals surface area contributed by atoms with Crippen LogP contribution in [0, 0.1) is 6.92 Å². The van der Waals surface area contributed by atoms with Crippen LogP contribution in [0.3, 0.4) is 0 Å². The number of fused-ring (bicyclic) bond motifs is 1. The molecule has 0 radical (unpaired) electrons. The van der Waals surface area contributed by atoms with Crippen molar-refractivity contribution in [1.29, 1.82) is 0 Å². The zero-order valence-corrected chi connectivity index (χ0v) is 15.3. The smallest absolute Gasteiger partial charge is 0.148 e. The van der Waals surface area contributed by atoms with E-state index in [2.05, 4.69) is 17.6 Å². The van der Waals surface area contributed by atoms with Crippen LogP contribution < -0.4 is 9.47 Å². The van der Waals surface area contributed by atoms with Gasteiger partial charge in [0.15, 0.2) is 0 Å². The Balaban J connectivity index is 1.50. The molecule has 3 aromatic carbocycles. The first kappa shape index (κ1) is 17.2. The fraction of sp³-hybridized carbons (Fsp3) is 0.174. The van der Waals surface area contributed by atoms with Gasteiger partial charge in [-0.15, -0.1) is 0 Å². The van der Waals surface area contributed by atoms with Gasteiger partial charge in [0.1, 0.15) is 30.5 Å². The second kappa shape index (κ2) is 7.96. The third-order valence-electron chi connectivity index (χ3n) is 4.45. The van der Waals surface area contributed by atoms with Crippen LogP contribution in [0.1, 0.15) is 11.4 Å². The van der Waals surface area contributed by atoms with Crippen molar-refractivity contribution >= 4 is 11.0 Å². The summed E-state index contributed by atoms with van der Waals surface area (Å²) in [5, 5.41) is 0. The largest absolute Gasteiger partial charge is 0.492 e. The van der Waals surface area contributed by atoms with Crippen molar-refractivity contribution < 1.29 is 9.47 Å². The number of hydrogen-bond acceptors (Lipinski definition) is 3. The van der Waals surface area contributed by atoms with E-state index in [0.717, 1.165) is 28.4 Å². The Kier molecular flexibility index (Phi) is 5.06. The lowest BCUT2D eigenvalue weighted by atomic mass is 10.2. The van der Waals surface area contributed by atoms with Crippen LogP contribution in [-0.4, -0.2) is 16.2 Å². The molecule has 4 heteroatoms. The van der Waals surface area contributed by atoms with Gasteiger partial charge in [0.25, 0.3) is 0 Å². The van der Waals surface area contributed by atoms with Crippen molar-refractivity contribution in [3.63, 3.8) is 0 Å². The molecule has 0 saturated heterocycles. The van der Waals surface area contributed by atoms with Gasteiger partial charge in [-0.25, -0.2) is 4.98 Å². The van der Waals surface area contributed by atoms with Crippen molar-refractivity contribution in [2.75, 3.05) is 6.61 Å². The Hall–Kier alpha value is -3.27. The van der Waals surface area contributed by atoms with Gasteiger partial charge in [-0.05, 0) is 43.3 Å². The van der Waals surface area contributed by atoms with Crippen LogP contribution in [0.4, 0.5) is 0 Å². The van der Waals surface area contributed by atoms with Crippen LogP contribution in [0.25, 0.3) is 11.0 Å². The molecule has 0 spiro atoms. The molecule has 136 valence electrons. The van der Waals surface area contributed by atoms with Crippen molar-refractivity contribution in [3.05, 3.63) is 90.3 Å². The van der Waals surface area contributed by atoms with E-state index >= 15 is 0 Å². The number of ether oxygens (including phenoxy) is 2. The molecule has 0 amide bonds. The number of hydrogen-bond donors (Lipinski definition) is 0. The number of aromatic nitrogens is 2. The lowest BCUT2D eigenvalue weighted by Gasteiger charge is -2.12. The van der Waals surface area contributed by atoms with E-state index in [1.165, 1.54) is 5.56 Å². The average molecular weight is 358 g/mol. The van der Waals surface area contributed by atoms with Crippen molar-refractivity contribution in [1.82, 2.24) is 9.55 Å². The van der Waals surface area contributed by atoms with E-state index in [-0.39, 0.29) is 0 Å². The molecule has 0 aliphatic carbocycles. The lowest BCUT2D eigenvalue weighted by molar-refractivity contribution is 0.272. The zero-order chi connectivity index (χ0) is 18.5. The van der Waals surface area contributed by atoms with Crippen molar-refractivity contribution in [2.45, 2.75) is 20.1 Å². The second-order valence-corrected chi connectivity index (χ2v) is 6.43. The minimum Gasteiger partial charge on any atom is -0.492 e. The van der Waals surface area contributed by atoms with Crippen molar-refractivity contribution in [2.24, 2.45) is 0 Å². The summed E-state index contributed by atoms with van der Waals surface area (Å²) in [6.07, 6.45) is 0. The second-order valence-electron chi connectivity index (χ2n) is 6.43. The Bertz CT molecular complexity index is 1010. The molecule has 1 heterocycles. The van der Waals surface area contributed by atoms with Gasteiger partial charge in [0, 0.05) is 0 Å². The third-order valence-corrected chi connectivity index (χ3v) is 4.45. The molecule has 27 heavy (non-hydrogen) atoms. The van der Waals surface area contributed by atoms with Crippen LogP contribution in [-0.2, 0) is 13.2 Å². The molecule has 1 aromatic heterocycles. The molecule has 0 N–H and O–H groups in total. The summed E-state index contributed by atoms with van der Waals surface area (Å²) in [4.78, 5) is 4.75. The highest BCUT2D eigenvalue weighted by atomic mass is 16.5. The molecule has 4 rings (SSSR count). The highest BCUT2D eigenvalue weighted by Gasteiger charge is 2.11. The zero-order valence-electron chi connectivity index (χ0n) is 15.3. The molecule has 0 bridgehead atoms. The monoisotopic (exact) mass is 358 g/mol. The van der Waals surface area contributed by atoms with E-state index in [0.29, 0.717) is 19.8 Å². The van der Waals surface area contributed by atoms with Gasteiger partial charge in [-0.3, -0.25) is 0 Å². The molecule has 0 aliphatic heterocycles. The van der Waals surface area contributed by atoms with Crippen LogP contribution in [0.15, 0.2) is 78.9 Å². The Morgan fingerprint density at radius 1 is 0.778 bits per heavy atom. The van der Waals surface area contributed by atoms with Gasteiger partial charge in [0.2, 0.25) is 0 Å². The maximum Gasteiger partial charge on any atom is 0.148 e. The van der Waals surface area contributed by atoms with Crippen LogP contribution in [0.5, 0.6) is 11.5 Å². The number of imidazole rings is 1. The van der Waals surface area contributed by atoms with E-state index in [9.17, 15) is 0 Å². The van der Waals surface area contributed by atoms with Gasteiger partial charge in [-0.2, -0.15) is 0 Å². The predicted octanol–water partition coefficient (Wildman–Crippen LogP) is 5.00. The summed E-state index contributed by atoms with van der Waals surface area (Å²) < 4.78 is 14.0. The molecule has 4 aromatic rings. The molecular weight excluding hydrogens is 336 g/mol. The number of aryl methyl sites for hydroxylation is 1. The Morgan fingerprint density at radius 2 is 1.48 bits per heavy atom. The molecule has 0 saturated carbocycles. The first-order valence-corrected chi connectivity index (χ1v) is 9.11. The number of para-hydroxylation sites is 3. The summed E-state index contributed by atoms with van der Waals surface area (Å²) in [5.74, 6) is 2.62. The quantitative estimate of drug-likeness (QED) is 0.466. The molecule has 4 nitrogen and oxygen atoms in total. The average Bonchev–Trinajstić information content (AvgIpc) is 3.06. The third kappa shape index (κ3) is 4.11. The number of nitrogens with zero attached hydrogens (tertiary/aromatic N) is 2. The summed E-state index contributed by atoms with van der Waals surface area (Å²) in [6.45, 7) is 3.77. The predicted molar refractivity (Wildman–Crippen MR) is 107 cm³/mol. The van der Waals surface area contributed by atoms with Gasteiger partial charge < -0.3 is 14.0 Å². The molecule has 0 fully saturated rings. The van der Waals surface area contributed by atoms with Gasteiger partial charge in [-0.1, -0.05) is 48.0 Å². The summed E-state index contributed by atoms with van der Waals surface area (Å²) in [7, 11) is 0. The number of benzene rings is 3. The minimum atomic E-state index is 0.420. The molecule has 0 aliphatic rings. The first-order valence-electron chi connectivity index (χ1n) is 9.11. The summed E-state index contributed by atoms with van der Waals surface area (Å²) >= 11 is 0. The first-order chi connectivity index (χ1) is 13.3. The maximum absolute atomic E-state index is 5.96. The normalized spacial score (nSPS) is 10.9. The summed E-state index contributed by atoms with van der Waals surface area (Å²) in [6, 6.07) is 26.1. The minimum absolute atomic E-state index is 0.420. The van der Waals surface area contributed by atoms with E-state index in [1.54, 1.807) is 0 Å². The van der Waals surface area contributed by atoms with Crippen LogP contribution >= 0.6 is 0 Å². The van der Waals surface area contributed by atoms with Crippen molar-refractivity contribution in [3.8, 4) is 11.5 Å². The lowest BCUT2D eigenvalue weighted by Crippen LogP contribution is -2.13. The molecule has 0 unspecified atom stereocenters. The fourth-order valence-electron chi connectivity index (χ4n) is 3.04. The van der Waals surface area contributed by atoms with Crippen LogP contribution in [0.2, 0.25) is 0 Å². The highest BCUT2D eigenvalue weighted by Crippen LogP contribution is 2.19. The van der Waals surface area contributed by atoms with Gasteiger partial charge >= 0.3 is 0 Å². The SMILES string of the molecule is Cc1ccc(OCc2nc3ccccc3n2CCOc2ccccc2)cc1. The number of rotatable bonds is 7. The standard InChI is InChI=1S/C23H22N2O2/c1-18-11-13-20(14-12-18)27-17-23-24-21-9-5-6-10-22(21)25(23)15-16-26-19-7-3-2-4-8-19/h2-14H,15-17H2,1H3.